The number of para-hydroxylation sites is 1. The monoisotopic (exact) mass is 356 g/mol. The van der Waals surface area contributed by atoms with Crippen LogP contribution in [0.25, 0.3) is 0 Å². The molecule has 0 unspecified atom stereocenters. The Balaban J connectivity index is 2.01. The van der Waals surface area contributed by atoms with Gasteiger partial charge in [0.1, 0.15) is 12.1 Å². The van der Waals surface area contributed by atoms with Crippen molar-refractivity contribution in [2.24, 2.45) is 0 Å². The molecule has 0 radical (unpaired) electrons. The lowest BCUT2D eigenvalue weighted by Crippen LogP contribution is -2.04. The maximum absolute atomic E-state index is 11.6. The number of hydrogen-bond acceptors (Lipinski definition) is 6. The Bertz CT molecular complexity index is 919. The molecule has 3 aromatic rings. The van der Waals surface area contributed by atoms with E-state index in [9.17, 15) is 10.1 Å². The van der Waals surface area contributed by atoms with Crippen LogP contribution >= 0.6 is 11.6 Å². The normalized spacial score (nSPS) is 10.3. The molecule has 1 heterocycles. The van der Waals surface area contributed by atoms with E-state index in [0.29, 0.717) is 16.5 Å². The quantitative estimate of drug-likeness (QED) is 0.517. The molecule has 0 fully saturated rings. The molecule has 0 aliphatic heterocycles. The number of rotatable bonds is 5. The van der Waals surface area contributed by atoms with E-state index < -0.39 is 4.92 Å². The van der Waals surface area contributed by atoms with Crippen molar-refractivity contribution in [3.05, 3.63) is 75.6 Å². The minimum atomic E-state index is -0.583. The Kier molecular flexibility index (Phi) is 4.76. The molecule has 0 aliphatic carbocycles. The molecule has 0 bridgehead atoms. The summed E-state index contributed by atoms with van der Waals surface area (Å²) in [5.74, 6) is 0.318. The highest BCUT2D eigenvalue weighted by molar-refractivity contribution is 6.31. The van der Waals surface area contributed by atoms with Gasteiger partial charge in [-0.3, -0.25) is 10.1 Å². The lowest BCUT2D eigenvalue weighted by molar-refractivity contribution is -0.385. The van der Waals surface area contributed by atoms with Crippen molar-refractivity contribution < 1.29 is 9.66 Å². The van der Waals surface area contributed by atoms with Gasteiger partial charge >= 0.3 is 11.6 Å². The Morgan fingerprint density at radius 3 is 2.60 bits per heavy atom. The molecule has 0 atom stereocenters. The summed E-state index contributed by atoms with van der Waals surface area (Å²) in [6.07, 6.45) is 1.20. The average Bonchev–Trinajstić information content (AvgIpc) is 2.60. The second-order valence-corrected chi connectivity index (χ2v) is 5.49. The molecule has 0 saturated heterocycles. The largest absolute Gasteiger partial charge is 0.434 e. The highest BCUT2D eigenvalue weighted by Gasteiger charge is 2.25. The molecular formula is C17H13ClN4O3. The molecule has 126 valence electrons. The second kappa shape index (κ2) is 7.14. The van der Waals surface area contributed by atoms with Gasteiger partial charge in [-0.25, -0.2) is 4.98 Å². The van der Waals surface area contributed by atoms with E-state index in [1.165, 1.54) is 6.33 Å². The van der Waals surface area contributed by atoms with Crippen LogP contribution in [0.4, 0.5) is 17.2 Å². The molecule has 0 spiro atoms. The Hall–Kier alpha value is -3.19. The fraction of sp³-hybridized carbons (Fsp3) is 0.0588. The van der Waals surface area contributed by atoms with Crippen LogP contribution in [0.5, 0.6) is 11.6 Å². The summed E-state index contributed by atoms with van der Waals surface area (Å²) in [4.78, 5) is 18.8. The first-order valence-corrected chi connectivity index (χ1v) is 7.68. The van der Waals surface area contributed by atoms with Gasteiger partial charge in [0.25, 0.3) is 0 Å². The van der Waals surface area contributed by atoms with E-state index in [0.717, 1.165) is 5.56 Å². The van der Waals surface area contributed by atoms with Crippen LogP contribution in [0.15, 0.2) is 54.9 Å². The van der Waals surface area contributed by atoms with Gasteiger partial charge in [0, 0.05) is 10.7 Å². The first kappa shape index (κ1) is 16.7. The van der Waals surface area contributed by atoms with Gasteiger partial charge in [-0.15, -0.1) is 0 Å². The first-order valence-electron chi connectivity index (χ1n) is 7.30. The lowest BCUT2D eigenvalue weighted by atomic mass is 10.2. The summed E-state index contributed by atoms with van der Waals surface area (Å²) in [6.45, 7) is 1.80. The predicted molar refractivity (Wildman–Crippen MR) is 94.7 cm³/mol. The molecule has 0 saturated carbocycles. The zero-order chi connectivity index (χ0) is 17.8. The molecule has 3 rings (SSSR count). The highest BCUT2D eigenvalue weighted by Crippen LogP contribution is 2.36. The van der Waals surface area contributed by atoms with E-state index in [1.807, 2.05) is 6.07 Å². The van der Waals surface area contributed by atoms with E-state index in [1.54, 1.807) is 49.4 Å². The molecule has 0 amide bonds. The fourth-order valence-electron chi connectivity index (χ4n) is 2.16. The third kappa shape index (κ3) is 3.67. The number of nitro groups is 1. The van der Waals surface area contributed by atoms with Crippen molar-refractivity contribution in [2.45, 2.75) is 6.92 Å². The van der Waals surface area contributed by atoms with Gasteiger partial charge in [0.15, 0.2) is 0 Å². The number of aromatic nitrogens is 2. The molecule has 8 heteroatoms. The highest BCUT2D eigenvalue weighted by atomic mass is 35.5. The van der Waals surface area contributed by atoms with Crippen LogP contribution in [0.2, 0.25) is 5.02 Å². The minimum Gasteiger partial charge on any atom is -0.434 e. The smallest absolute Gasteiger partial charge is 0.373 e. The average molecular weight is 357 g/mol. The van der Waals surface area contributed by atoms with Crippen LogP contribution in [0.3, 0.4) is 0 Å². The van der Waals surface area contributed by atoms with E-state index in [2.05, 4.69) is 15.3 Å². The van der Waals surface area contributed by atoms with Gasteiger partial charge in [0.05, 0.1) is 4.92 Å². The number of halogens is 1. The predicted octanol–water partition coefficient (Wildman–Crippen LogP) is 4.88. The van der Waals surface area contributed by atoms with Crippen molar-refractivity contribution in [1.29, 1.82) is 0 Å². The maximum Gasteiger partial charge on any atom is 0.373 e. The molecule has 1 N–H and O–H groups in total. The summed E-state index contributed by atoms with van der Waals surface area (Å²) in [5, 5.41) is 15.0. The Labute approximate surface area is 148 Å². The molecule has 2 aromatic carbocycles. The van der Waals surface area contributed by atoms with Crippen LogP contribution in [0, 0.1) is 17.0 Å². The van der Waals surface area contributed by atoms with E-state index in [-0.39, 0.29) is 17.4 Å². The minimum absolute atomic E-state index is 0.0243. The summed E-state index contributed by atoms with van der Waals surface area (Å²) >= 11 is 6.09. The summed E-state index contributed by atoms with van der Waals surface area (Å²) in [6, 6.07) is 13.9. The van der Waals surface area contributed by atoms with Crippen molar-refractivity contribution in [3.63, 3.8) is 0 Å². The third-order valence-corrected chi connectivity index (χ3v) is 3.86. The first-order chi connectivity index (χ1) is 12.1. The van der Waals surface area contributed by atoms with Crippen LogP contribution in [-0.4, -0.2) is 14.9 Å². The van der Waals surface area contributed by atoms with E-state index >= 15 is 0 Å². The van der Waals surface area contributed by atoms with Crippen molar-refractivity contribution >= 4 is 28.8 Å². The standard InChI is InChI=1S/C17H13ClN4O3/c1-11-13(18)8-5-9-14(11)21-16-15(22(23)24)17(20-10-19-16)25-12-6-3-2-4-7-12/h2-10H,1H3,(H,19,20,21). The van der Waals surface area contributed by atoms with Gasteiger partial charge < -0.3 is 10.1 Å². The zero-order valence-corrected chi connectivity index (χ0v) is 13.9. The molecule has 1 aromatic heterocycles. The number of nitrogens with zero attached hydrogens (tertiary/aromatic N) is 3. The van der Waals surface area contributed by atoms with Crippen LogP contribution in [-0.2, 0) is 0 Å². The Morgan fingerprint density at radius 2 is 1.88 bits per heavy atom. The summed E-state index contributed by atoms with van der Waals surface area (Å²) in [7, 11) is 0. The third-order valence-electron chi connectivity index (χ3n) is 3.45. The molecular weight excluding hydrogens is 344 g/mol. The zero-order valence-electron chi connectivity index (χ0n) is 13.1. The number of benzene rings is 2. The number of anilines is 2. The van der Waals surface area contributed by atoms with Gasteiger partial charge in [-0.1, -0.05) is 35.9 Å². The van der Waals surface area contributed by atoms with Crippen LogP contribution in [0.1, 0.15) is 5.56 Å². The molecule has 0 aliphatic rings. The number of nitrogens with one attached hydrogen (secondary N) is 1. The fourth-order valence-corrected chi connectivity index (χ4v) is 2.34. The van der Waals surface area contributed by atoms with Crippen LogP contribution < -0.4 is 10.1 Å². The van der Waals surface area contributed by atoms with Crippen molar-refractivity contribution in [1.82, 2.24) is 9.97 Å². The van der Waals surface area contributed by atoms with Crippen molar-refractivity contribution in [3.8, 4) is 11.6 Å². The Morgan fingerprint density at radius 1 is 1.12 bits per heavy atom. The molecule has 25 heavy (non-hydrogen) atoms. The van der Waals surface area contributed by atoms with Gasteiger partial charge in [-0.2, -0.15) is 4.98 Å². The SMILES string of the molecule is Cc1c(Cl)cccc1Nc1ncnc(Oc2ccccc2)c1[N+](=O)[O-]. The van der Waals surface area contributed by atoms with Crippen molar-refractivity contribution in [2.75, 3.05) is 5.32 Å². The van der Waals surface area contributed by atoms with E-state index in [4.69, 9.17) is 16.3 Å². The van der Waals surface area contributed by atoms with Gasteiger partial charge in [0.2, 0.25) is 5.82 Å². The summed E-state index contributed by atoms with van der Waals surface area (Å²) in [5.41, 5.74) is 1.01. The van der Waals surface area contributed by atoms with Gasteiger partial charge in [-0.05, 0) is 36.8 Å². The maximum atomic E-state index is 11.6. The lowest BCUT2D eigenvalue weighted by Gasteiger charge is -2.11. The summed E-state index contributed by atoms with van der Waals surface area (Å²) < 4.78 is 5.54. The topological polar surface area (TPSA) is 90.2 Å². The number of hydrogen-bond donors (Lipinski definition) is 1. The second-order valence-electron chi connectivity index (χ2n) is 5.09. The number of ether oxygens (including phenoxy) is 1. The molecule has 7 nitrogen and oxygen atoms in total.